The first-order valence-corrected chi connectivity index (χ1v) is 7.31. The van der Waals surface area contributed by atoms with Crippen LogP contribution in [0.2, 0.25) is 0 Å². The van der Waals surface area contributed by atoms with Gasteiger partial charge in [-0.25, -0.2) is 13.1 Å². The van der Waals surface area contributed by atoms with E-state index >= 15 is 0 Å². The van der Waals surface area contributed by atoms with E-state index in [2.05, 4.69) is 10.8 Å². The molecule has 90 valence electrons. The first-order chi connectivity index (χ1) is 7.53. The van der Waals surface area contributed by atoms with Gasteiger partial charge in [0.25, 0.3) is 0 Å². The minimum Gasteiger partial charge on any atom is -0.215 e. The van der Waals surface area contributed by atoms with Gasteiger partial charge in [-0.15, -0.1) is 11.6 Å². The number of rotatable bonds is 6. The summed E-state index contributed by atoms with van der Waals surface area (Å²) in [6.07, 6.45) is 0.698. The van der Waals surface area contributed by atoms with E-state index in [4.69, 9.17) is 11.6 Å². The number of nitrogens with one attached hydrogen (secondary N) is 1. The Kier molecular flexibility index (Phi) is 5.25. The van der Waals surface area contributed by atoms with Gasteiger partial charge in [0.1, 0.15) is 0 Å². The Labute approximate surface area is 102 Å². The van der Waals surface area contributed by atoms with Crippen molar-refractivity contribution in [3.05, 3.63) is 35.4 Å². The van der Waals surface area contributed by atoms with E-state index in [1.165, 1.54) is 5.56 Å². The quantitative estimate of drug-likeness (QED) is 0.793. The maximum absolute atomic E-state index is 11.3. The van der Waals surface area contributed by atoms with Gasteiger partial charge in [0.2, 0.25) is 10.0 Å². The molecule has 0 radical (unpaired) electrons. The molecule has 0 aliphatic rings. The van der Waals surface area contributed by atoms with Crippen molar-refractivity contribution in [1.29, 1.82) is 0 Å². The summed E-state index contributed by atoms with van der Waals surface area (Å²) < 4.78 is 25.1. The summed E-state index contributed by atoms with van der Waals surface area (Å²) in [6, 6.07) is 8.03. The Morgan fingerprint density at radius 3 is 2.75 bits per heavy atom. The molecule has 0 aliphatic carbocycles. The lowest BCUT2D eigenvalue weighted by Crippen LogP contribution is -2.28. The summed E-state index contributed by atoms with van der Waals surface area (Å²) in [6.45, 7) is 2.43. The second-order valence-electron chi connectivity index (χ2n) is 3.64. The van der Waals surface area contributed by atoms with Crippen molar-refractivity contribution < 1.29 is 8.42 Å². The van der Waals surface area contributed by atoms with Gasteiger partial charge in [0.05, 0.1) is 5.75 Å². The molecule has 0 aliphatic heterocycles. The Bertz CT molecular complexity index is 431. The van der Waals surface area contributed by atoms with Gasteiger partial charge in [-0.1, -0.05) is 29.8 Å². The Hall–Kier alpha value is -0.580. The van der Waals surface area contributed by atoms with E-state index < -0.39 is 10.0 Å². The molecule has 0 atom stereocenters. The number of halogens is 1. The highest BCUT2D eigenvalue weighted by Gasteiger charge is 2.07. The van der Waals surface area contributed by atoms with Gasteiger partial charge in [-0.3, -0.25) is 0 Å². The number of benzene rings is 1. The van der Waals surface area contributed by atoms with Crippen molar-refractivity contribution in [3.8, 4) is 0 Å². The second kappa shape index (κ2) is 6.23. The van der Waals surface area contributed by atoms with Gasteiger partial charge < -0.3 is 0 Å². The SMILES string of the molecule is Cc1cccc(CCNS(=O)(=O)CCCl)c1. The van der Waals surface area contributed by atoms with E-state index in [0.717, 1.165) is 5.56 Å². The Balaban J connectivity index is 2.42. The fourth-order valence-corrected chi connectivity index (χ4v) is 2.76. The summed E-state index contributed by atoms with van der Waals surface area (Å²) in [5.74, 6) is 0.0994. The summed E-state index contributed by atoms with van der Waals surface area (Å²) in [5, 5.41) is 0. The van der Waals surface area contributed by atoms with Gasteiger partial charge >= 0.3 is 0 Å². The molecule has 1 aromatic rings. The molecule has 1 rings (SSSR count). The molecule has 0 unspecified atom stereocenters. The highest BCUT2D eigenvalue weighted by molar-refractivity contribution is 7.89. The molecule has 0 saturated carbocycles. The average Bonchev–Trinajstić information content (AvgIpc) is 2.17. The molecule has 1 N–H and O–H groups in total. The van der Waals surface area contributed by atoms with Crippen LogP contribution in [-0.2, 0) is 16.4 Å². The van der Waals surface area contributed by atoms with Crippen molar-refractivity contribution in [2.75, 3.05) is 18.2 Å². The molecule has 0 spiro atoms. The predicted octanol–water partition coefficient (Wildman–Crippen LogP) is 1.70. The first kappa shape index (κ1) is 13.5. The zero-order valence-electron chi connectivity index (χ0n) is 9.24. The molecular weight excluding hydrogens is 246 g/mol. The number of hydrogen-bond donors (Lipinski definition) is 1. The zero-order valence-corrected chi connectivity index (χ0v) is 10.8. The van der Waals surface area contributed by atoms with Crippen molar-refractivity contribution in [3.63, 3.8) is 0 Å². The molecule has 1 aromatic carbocycles. The molecule has 0 aromatic heterocycles. The normalized spacial score (nSPS) is 11.6. The van der Waals surface area contributed by atoms with Crippen molar-refractivity contribution >= 4 is 21.6 Å². The topological polar surface area (TPSA) is 46.2 Å². The largest absolute Gasteiger partial charge is 0.215 e. The van der Waals surface area contributed by atoms with Gasteiger partial charge in [-0.2, -0.15) is 0 Å². The third kappa shape index (κ3) is 4.96. The lowest BCUT2D eigenvalue weighted by atomic mass is 10.1. The molecule has 5 heteroatoms. The fraction of sp³-hybridized carbons (Fsp3) is 0.455. The van der Waals surface area contributed by atoms with Crippen LogP contribution >= 0.6 is 11.6 Å². The van der Waals surface area contributed by atoms with Crippen LogP contribution in [0.15, 0.2) is 24.3 Å². The van der Waals surface area contributed by atoms with E-state index in [-0.39, 0.29) is 11.6 Å². The molecule has 3 nitrogen and oxygen atoms in total. The molecule has 16 heavy (non-hydrogen) atoms. The van der Waals surface area contributed by atoms with Gasteiger partial charge in [0, 0.05) is 12.4 Å². The van der Waals surface area contributed by atoms with Gasteiger partial charge in [-0.05, 0) is 18.9 Å². The summed E-state index contributed by atoms with van der Waals surface area (Å²) in [7, 11) is -3.19. The minimum absolute atomic E-state index is 0.0254. The third-order valence-corrected chi connectivity index (χ3v) is 3.96. The standard InChI is InChI=1S/C11H16ClNO2S/c1-10-3-2-4-11(9-10)5-7-13-16(14,15)8-6-12/h2-4,9,13H,5-8H2,1H3. The highest BCUT2D eigenvalue weighted by Crippen LogP contribution is 2.04. The number of sulfonamides is 1. The van der Waals surface area contributed by atoms with E-state index in [1.54, 1.807) is 0 Å². The number of alkyl halides is 1. The van der Waals surface area contributed by atoms with Crippen LogP contribution in [0.25, 0.3) is 0 Å². The molecule has 0 heterocycles. The monoisotopic (exact) mass is 261 g/mol. The van der Waals surface area contributed by atoms with Crippen LogP contribution in [-0.4, -0.2) is 26.6 Å². The van der Waals surface area contributed by atoms with Crippen LogP contribution in [0.1, 0.15) is 11.1 Å². The van der Waals surface area contributed by atoms with Crippen LogP contribution < -0.4 is 4.72 Å². The molecule has 0 amide bonds. The Morgan fingerprint density at radius 1 is 1.38 bits per heavy atom. The fourth-order valence-electron chi connectivity index (χ4n) is 1.39. The summed E-state index contributed by atoms with van der Waals surface area (Å²) in [4.78, 5) is 0. The van der Waals surface area contributed by atoms with Gasteiger partial charge in [0.15, 0.2) is 0 Å². The predicted molar refractivity (Wildman–Crippen MR) is 67.4 cm³/mol. The zero-order chi connectivity index (χ0) is 12.0. The van der Waals surface area contributed by atoms with Crippen LogP contribution in [0.4, 0.5) is 0 Å². The third-order valence-electron chi connectivity index (χ3n) is 2.16. The molecular formula is C11H16ClNO2S. The lowest BCUT2D eigenvalue weighted by molar-refractivity contribution is 0.583. The minimum atomic E-state index is -3.19. The molecule has 0 saturated heterocycles. The van der Waals surface area contributed by atoms with Crippen LogP contribution in [0.3, 0.4) is 0 Å². The van der Waals surface area contributed by atoms with Crippen LogP contribution in [0, 0.1) is 6.92 Å². The second-order valence-corrected chi connectivity index (χ2v) is 5.95. The average molecular weight is 262 g/mol. The molecule has 0 fully saturated rings. The maximum atomic E-state index is 11.3. The van der Waals surface area contributed by atoms with E-state index in [0.29, 0.717) is 13.0 Å². The van der Waals surface area contributed by atoms with Crippen molar-refractivity contribution in [2.24, 2.45) is 0 Å². The van der Waals surface area contributed by atoms with E-state index in [9.17, 15) is 8.42 Å². The highest BCUT2D eigenvalue weighted by atomic mass is 35.5. The first-order valence-electron chi connectivity index (χ1n) is 5.12. The smallest absolute Gasteiger partial charge is 0.212 e. The van der Waals surface area contributed by atoms with E-state index in [1.807, 2.05) is 25.1 Å². The Morgan fingerprint density at radius 2 is 2.12 bits per heavy atom. The number of hydrogen-bond acceptors (Lipinski definition) is 2. The lowest BCUT2D eigenvalue weighted by Gasteiger charge is -2.05. The summed E-state index contributed by atoms with van der Waals surface area (Å²) in [5.41, 5.74) is 2.31. The van der Waals surface area contributed by atoms with Crippen molar-refractivity contribution in [1.82, 2.24) is 4.72 Å². The number of aryl methyl sites for hydroxylation is 1. The summed E-state index contributed by atoms with van der Waals surface area (Å²) >= 11 is 5.38. The van der Waals surface area contributed by atoms with Crippen molar-refractivity contribution in [2.45, 2.75) is 13.3 Å². The van der Waals surface area contributed by atoms with Crippen LogP contribution in [0.5, 0.6) is 0 Å². The molecule has 0 bridgehead atoms. The maximum Gasteiger partial charge on any atom is 0.212 e.